The van der Waals surface area contributed by atoms with E-state index in [0.717, 1.165) is 42.7 Å². The number of carbonyl (C=O) groups is 1. The summed E-state index contributed by atoms with van der Waals surface area (Å²) in [6.45, 7) is 6.53. The number of fused-ring (bicyclic) bond motifs is 1. The summed E-state index contributed by atoms with van der Waals surface area (Å²) in [6.07, 6.45) is 4.07. The van der Waals surface area contributed by atoms with Crippen LogP contribution in [0.5, 0.6) is 0 Å². The van der Waals surface area contributed by atoms with Gasteiger partial charge in [-0.3, -0.25) is 19.8 Å². The normalized spacial score (nSPS) is 14.1. The standard InChI is InChI=1S/C26H29N9O3/c1-18-16-21-23(32(18)2)22(19-6-3-7-20(17-19)35(37)38)30-31-24(21)27-10-5-11-33-12-14-34(15-13-33)26(36)25-28-8-4-9-29-25/h3-4,6-9,16-17H,5,10-15H2,1-2H3,(H,27,31). The van der Waals surface area contributed by atoms with Gasteiger partial charge >= 0.3 is 0 Å². The molecule has 0 aliphatic carbocycles. The molecule has 1 fully saturated rings. The smallest absolute Gasteiger partial charge is 0.291 e. The highest BCUT2D eigenvalue weighted by Crippen LogP contribution is 2.33. The molecule has 0 atom stereocenters. The number of amides is 1. The predicted octanol–water partition coefficient (Wildman–Crippen LogP) is 2.90. The van der Waals surface area contributed by atoms with E-state index in [2.05, 4.69) is 36.4 Å². The number of benzene rings is 1. The van der Waals surface area contributed by atoms with E-state index >= 15 is 0 Å². The van der Waals surface area contributed by atoms with Gasteiger partial charge in [0, 0.05) is 80.9 Å². The second-order valence-corrected chi connectivity index (χ2v) is 9.30. The lowest BCUT2D eigenvalue weighted by Crippen LogP contribution is -2.49. The zero-order chi connectivity index (χ0) is 26.6. The number of anilines is 1. The lowest BCUT2D eigenvalue weighted by Gasteiger charge is -2.34. The highest BCUT2D eigenvalue weighted by atomic mass is 16.6. The number of hydrogen-bond donors (Lipinski definition) is 1. The molecule has 1 amide bonds. The van der Waals surface area contributed by atoms with Gasteiger partial charge in [0.05, 0.1) is 10.4 Å². The van der Waals surface area contributed by atoms with Crippen molar-refractivity contribution in [2.75, 3.05) is 44.6 Å². The van der Waals surface area contributed by atoms with Crippen LogP contribution in [0, 0.1) is 17.0 Å². The first-order chi connectivity index (χ1) is 18.4. The Morgan fingerprint density at radius 2 is 1.84 bits per heavy atom. The van der Waals surface area contributed by atoms with E-state index in [0.29, 0.717) is 36.7 Å². The molecule has 5 rings (SSSR count). The molecule has 12 heteroatoms. The van der Waals surface area contributed by atoms with Crippen molar-refractivity contribution in [2.45, 2.75) is 13.3 Å². The van der Waals surface area contributed by atoms with Crippen molar-refractivity contribution in [1.82, 2.24) is 34.5 Å². The van der Waals surface area contributed by atoms with Gasteiger partial charge in [-0.15, -0.1) is 10.2 Å². The maximum atomic E-state index is 12.5. The Morgan fingerprint density at radius 1 is 1.08 bits per heavy atom. The summed E-state index contributed by atoms with van der Waals surface area (Å²) in [5.74, 6) is 0.808. The molecule has 0 saturated carbocycles. The number of carbonyl (C=O) groups excluding carboxylic acids is 1. The molecule has 1 aliphatic rings. The monoisotopic (exact) mass is 515 g/mol. The van der Waals surface area contributed by atoms with E-state index in [1.165, 1.54) is 12.1 Å². The van der Waals surface area contributed by atoms with Crippen molar-refractivity contribution in [1.29, 1.82) is 0 Å². The summed E-state index contributed by atoms with van der Waals surface area (Å²) in [5, 5.41) is 24.5. The van der Waals surface area contributed by atoms with Gasteiger partial charge < -0.3 is 14.8 Å². The van der Waals surface area contributed by atoms with Crippen molar-refractivity contribution in [3.8, 4) is 11.3 Å². The molecule has 38 heavy (non-hydrogen) atoms. The second-order valence-electron chi connectivity index (χ2n) is 9.30. The topological polar surface area (TPSA) is 135 Å². The number of aromatic nitrogens is 5. The first kappa shape index (κ1) is 25.2. The van der Waals surface area contributed by atoms with Crippen LogP contribution in [-0.2, 0) is 7.05 Å². The Kier molecular flexibility index (Phi) is 7.22. The zero-order valence-corrected chi connectivity index (χ0v) is 21.4. The first-order valence-electron chi connectivity index (χ1n) is 12.5. The first-order valence-corrected chi connectivity index (χ1v) is 12.5. The molecule has 0 spiro atoms. The van der Waals surface area contributed by atoms with Crippen LogP contribution in [0.25, 0.3) is 22.2 Å². The van der Waals surface area contributed by atoms with Crippen LogP contribution in [0.1, 0.15) is 22.7 Å². The van der Waals surface area contributed by atoms with Crippen molar-refractivity contribution in [3.63, 3.8) is 0 Å². The Bertz CT molecular complexity index is 1460. The maximum Gasteiger partial charge on any atom is 0.291 e. The average Bonchev–Trinajstić information content (AvgIpc) is 3.25. The van der Waals surface area contributed by atoms with Crippen molar-refractivity contribution < 1.29 is 9.72 Å². The minimum atomic E-state index is -0.407. The second kappa shape index (κ2) is 10.9. The van der Waals surface area contributed by atoms with E-state index in [1.807, 2.05) is 24.6 Å². The molecule has 0 radical (unpaired) electrons. The average molecular weight is 516 g/mol. The molecule has 0 unspecified atom stereocenters. The Morgan fingerprint density at radius 3 is 2.58 bits per heavy atom. The van der Waals surface area contributed by atoms with Gasteiger partial charge in [-0.25, -0.2) is 9.97 Å². The van der Waals surface area contributed by atoms with Gasteiger partial charge in [-0.1, -0.05) is 12.1 Å². The lowest BCUT2D eigenvalue weighted by molar-refractivity contribution is -0.384. The van der Waals surface area contributed by atoms with Crippen molar-refractivity contribution in [2.24, 2.45) is 7.05 Å². The quantitative estimate of drug-likeness (QED) is 0.213. The molecular formula is C26H29N9O3. The Balaban J connectivity index is 1.20. The number of hydrogen-bond acceptors (Lipinski definition) is 9. The number of non-ortho nitro benzene ring substituents is 1. The number of nitrogens with zero attached hydrogens (tertiary/aromatic N) is 8. The molecule has 12 nitrogen and oxygen atoms in total. The molecule has 4 aromatic rings. The van der Waals surface area contributed by atoms with Crippen LogP contribution in [0.2, 0.25) is 0 Å². The van der Waals surface area contributed by atoms with Gasteiger partial charge in [0.1, 0.15) is 5.69 Å². The number of rotatable bonds is 8. The molecule has 3 aromatic heterocycles. The van der Waals surface area contributed by atoms with E-state index in [4.69, 9.17) is 0 Å². The van der Waals surface area contributed by atoms with Gasteiger partial charge in [0.2, 0.25) is 5.82 Å². The third-order valence-corrected chi connectivity index (χ3v) is 6.89. The van der Waals surface area contributed by atoms with E-state index in [-0.39, 0.29) is 17.4 Å². The Hall–Kier alpha value is -4.45. The fourth-order valence-electron chi connectivity index (χ4n) is 4.73. The summed E-state index contributed by atoms with van der Waals surface area (Å²) in [5.41, 5.74) is 3.20. The van der Waals surface area contributed by atoms with Crippen LogP contribution < -0.4 is 5.32 Å². The third-order valence-electron chi connectivity index (χ3n) is 6.89. The van der Waals surface area contributed by atoms with Crippen molar-refractivity contribution >= 4 is 28.3 Å². The molecule has 0 bridgehead atoms. The van der Waals surface area contributed by atoms with E-state index in [9.17, 15) is 14.9 Å². The van der Waals surface area contributed by atoms with Gasteiger partial charge in [0.15, 0.2) is 5.82 Å². The number of piperazine rings is 1. The molecule has 1 aliphatic heterocycles. The minimum Gasteiger partial charge on any atom is -0.368 e. The fraction of sp³-hybridized carbons (Fsp3) is 0.346. The number of nitro groups is 1. The van der Waals surface area contributed by atoms with Gasteiger partial charge in [-0.05, 0) is 32.0 Å². The van der Waals surface area contributed by atoms with E-state index in [1.54, 1.807) is 29.4 Å². The Labute approximate surface area is 219 Å². The fourth-order valence-corrected chi connectivity index (χ4v) is 4.73. The minimum absolute atomic E-state index is 0.0178. The summed E-state index contributed by atoms with van der Waals surface area (Å²) < 4.78 is 2.03. The largest absolute Gasteiger partial charge is 0.368 e. The highest BCUT2D eigenvalue weighted by molar-refractivity contribution is 5.99. The predicted molar refractivity (Wildman–Crippen MR) is 143 cm³/mol. The van der Waals surface area contributed by atoms with Crippen LogP contribution in [0.3, 0.4) is 0 Å². The molecule has 1 saturated heterocycles. The summed E-state index contributed by atoms with van der Waals surface area (Å²) in [7, 11) is 1.96. The molecule has 196 valence electrons. The summed E-state index contributed by atoms with van der Waals surface area (Å²) in [4.78, 5) is 35.7. The summed E-state index contributed by atoms with van der Waals surface area (Å²) in [6, 6.07) is 10.2. The summed E-state index contributed by atoms with van der Waals surface area (Å²) >= 11 is 0. The number of nitrogens with one attached hydrogen (secondary N) is 1. The lowest BCUT2D eigenvalue weighted by atomic mass is 10.1. The van der Waals surface area contributed by atoms with Gasteiger partial charge in [0.25, 0.3) is 11.6 Å². The van der Waals surface area contributed by atoms with Gasteiger partial charge in [-0.2, -0.15) is 0 Å². The number of nitro benzene ring substituents is 1. The van der Waals surface area contributed by atoms with Crippen LogP contribution >= 0.6 is 0 Å². The van der Waals surface area contributed by atoms with Crippen molar-refractivity contribution in [3.05, 3.63) is 70.4 Å². The molecular weight excluding hydrogens is 486 g/mol. The number of aryl methyl sites for hydroxylation is 2. The molecule has 1 N–H and O–H groups in total. The highest BCUT2D eigenvalue weighted by Gasteiger charge is 2.23. The zero-order valence-electron chi connectivity index (χ0n) is 21.4. The maximum absolute atomic E-state index is 12.5. The third kappa shape index (κ3) is 5.16. The molecule has 1 aromatic carbocycles. The molecule has 4 heterocycles. The van der Waals surface area contributed by atoms with Crippen LogP contribution in [0.15, 0.2) is 48.8 Å². The van der Waals surface area contributed by atoms with E-state index < -0.39 is 4.92 Å². The van der Waals surface area contributed by atoms with Crippen LogP contribution in [0.4, 0.5) is 11.5 Å². The van der Waals surface area contributed by atoms with Crippen LogP contribution in [-0.4, -0.2) is 84.6 Å². The SMILES string of the molecule is Cc1cc2c(NCCCN3CCN(C(=O)c4ncccn4)CC3)nnc(-c3cccc([N+](=O)[O-])c3)c2n1C.